The third-order valence-electron chi connectivity index (χ3n) is 6.01. The molecule has 0 unspecified atom stereocenters. The minimum atomic E-state index is -0.0501. The monoisotopic (exact) mass is 344 g/mol. The number of carbonyl (C=O) groups is 1. The second kappa shape index (κ2) is 7.34. The lowest BCUT2D eigenvalue weighted by molar-refractivity contribution is -0.132. The van der Waals surface area contributed by atoms with Crippen molar-refractivity contribution >= 4 is 5.91 Å². The number of benzene rings is 1. The molecule has 0 saturated carbocycles. The van der Waals surface area contributed by atoms with Gasteiger partial charge in [-0.05, 0) is 18.4 Å². The highest BCUT2D eigenvalue weighted by Crippen LogP contribution is 2.36. The summed E-state index contributed by atoms with van der Waals surface area (Å²) in [5.74, 6) is 1.68. The zero-order valence-corrected chi connectivity index (χ0v) is 15.0. The van der Waals surface area contributed by atoms with Crippen LogP contribution in [0.25, 0.3) is 0 Å². The molecule has 2 saturated heterocycles. The van der Waals surface area contributed by atoms with Gasteiger partial charge in [0.25, 0.3) is 0 Å². The molecule has 3 atom stereocenters. The highest BCUT2D eigenvalue weighted by molar-refractivity contribution is 5.85. The van der Waals surface area contributed by atoms with Crippen molar-refractivity contribution in [2.45, 2.75) is 31.7 Å². The minimum Gasteiger partial charge on any atom is -0.493 e. The lowest BCUT2D eigenvalue weighted by Gasteiger charge is -2.34. The summed E-state index contributed by atoms with van der Waals surface area (Å²) in [7, 11) is 0. The van der Waals surface area contributed by atoms with E-state index >= 15 is 0 Å². The molecule has 1 aromatic rings. The summed E-state index contributed by atoms with van der Waals surface area (Å²) in [5, 5.41) is 0. The molecular weight excluding hydrogens is 316 g/mol. The maximum atomic E-state index is 13.3. The van der Waals surface area contributed by atoms with Crippen LogP contribution < -0.4 is 4.74 Å². The Morgan fingerprint density at radius 1 is 1.16 bits per heavy atom. The van der Waals surface area contributed by atoms with E-state index in [-0.39, 0.29) is 11.8 Å². The van der Waals surface area contributed by atoms with Crippen molar-refractivity contribution in [1.29, 1.82) is 0 Å². The van der Waals surface area contributed by atoms with E-state index in [1.165, 1.54) is 0 Å². The van der Waals surface area contributed by atoms with E-state index in [1.54, 1.807) is 0 Å². The molecule has 0 bridgehead atoms. The third kappa shape index (κ3) is 3.27. The van der Waals surface area contributed by atoms with Gasteiger partial charge >= 0.3 is 0 Å². The average Bonchev–Trinajstić information content (AvgIpc) is 3.12. The third-order valence-corrected chi connectivity index (χ3v) is 6.01. The number of carbonyl (C=O) groups excluding carboxylic acids is 1. The number of hydrogen-bond acceptors (Lipinski definition) is 4. The molecule has 1 amide bonds. The van der Waals surface area contributed by atoms with E-state index in [9.17, 15) is 4.79 Å². The van der Waals surface area contributed by atoms with Crippen LogP contribution in [0.2, 0.25) is 0 Å². The second-order valence-electron chi connectivity index (χ2n) is 7.35. The van der Waals surface area contributed by atoms with Crippen molar-refractivity contribution in [3.8, 4) is 5.75 Å². The molecule has 1 aromatic carbocycles. The molecule has 0 aliphatic carbocycles. The number of nitrogens with zero attached hydrogens (tertiary/aromatic N) is 2. The molecule has 3 aliphatic rings. The number of fused-ring (bicyclic) bond motifs is 1. The molecule has 3 heterocycles. The van der Waals surface area contributed by atoms with Gasteiger partial charge in [-0.1, -0.05) is 31.5 Å². The van der Waals surface area contributed by atoms with Crippen molar-refractivity contribution in [3.05, 3.63) is 29.8 Å². The van der Waals surface area contributed by atoms with Gasteiger partial charge in [0.05, 0.1) is 25.7 Å². The molecule has 136 valence electrons. The number of likely N-dealkylation sites (tertiary alicyclic amines) is 1. The number of ether oxygens (including phenoxy) is 2. The first-order valence-corrected chi connectivity index (χ1v) is 9.60. The van der Waals surface area contributed by atoms with E-state index in [2.05, 4.69) is 16.7 Å². The van der Waals surface area contributed by atoms with Crippen LogP contribution >= 0.6 is 0 Å². The summed E-state index contributed by atoms with van der Waals surface area (Å²) in [5.41, 5.74) is 1.06. The zero-order valence-electron chi connectivity index (χ0n) is 15.0. The van der Waals surface area contributed by atoms with Gasteiger partial charge in [-0.15, -0.1) is 0 Å². The van der Waals surface area contributed by atoms with Crippen LogP contribution in [0, 0.1) is 5.92 Å². The molecule has 2 fully saturated rings. The normalized spacial score (nSPS) is 30.0. The van der Waals surface area contributed by atoms with Crippen LogP contribution in [-0.2, 0) is 9.53 Å². The molecule has 5 nitrogen and oxygen atoms in total. The van der Waals surface area contributed by atoms with Crippen LogP contribution in [0.5, 0.6) is 5.75 Å². The smallest absolute Gasteiger partial charge is 0.230 e. The van der Waals surface area contributed by atoms with Crippen LogP contribution in [-0.4, -0.2) is 67.7 Å². The van der Waals surface area contributed by atoms with Crippen LogP contribution in [0.1, 0.15) is 31.2 Å². The Morgan fingerprint density at radius 3 is 2.76 bits per heavy atom. The van der Waals surface area contributed by atoms with Crippen LogP contribution in [0.3, 0.4) is 0 Å². The molecule has 25 heavy (non-hydrogen) atoms. The lowest BCUT2D eigenvalue weighted by atomic mass is 9.92. The van der Waals surface area contributed by atoms with Crippen LogP contribution in [0.15, 0.2) is 24.3 Å². The Morgan fingerprint density at radius 2 is 1.96 bits per heavy atom. The maximum Gasteiger partial charge on any atom is 0.230 e. The first-order valence-electron chi connectivity index (χ1n) is 9.60. The first-order chi connectivity index (χ1) is 12.3. The van der Waals surface area contributed by atoms with Gasteiger partial charge < -0.3 is 14.4 Å². The second-order valence-corrected chi connectivity index (χ2v) is 7.35. The Balaban J connectivity index is 1.49. The Kier molecular flexibility index (Phi) is 4.95. The summed E-state index contributed by atoms with van der Waals surface area (Å²) in [6.07, 6.45) is 1.90. The van der Waals surface area contributed by atoms with Gasteiger partial charge in [0.2, 0.25) is 5.91 Å². The summed E-state index contributed by atoms with van der Waals surface area (Å²) >= 11 is 0. The van der Waals surface area contributed by atoms with Crippen molar-refractivity contribution in [2.75, 3.05) is 46.0 Å². The SMILES string of the molecule is CC[C@@H]1CN(C(=O)[C@@H]2CCOc3ccccc32)C[C@H]1N1CCOCC1. The van der Waals surface area contributed by atoms with E-state index in [0.717, 1.165) is 63.5 Å². The Bertz CT molecular complexity index is 615. The van der Waals surface area contributed by atoms with E-state index in [4.69, 9.17) is 9.47 Å². The standard InChI is InChI=1S/C20H28N2O3/c1-2-15-13-22(14-18(15)21-8-11-24-12-9-21)20(23)17-7-10-25-19-6-4-3-5-16(17)19/h3-6,15,17-18H,2,7-14H2,1H3/t15-,17-,18-/m1/s1. The van der Waals surface area contributed by atoms with Crippen molar-refractivity contribution in [3.63, 3.8) is 0 Å². The number of hydrogen-bond donors (Lipinski definition) is 0. The first kappa shape index (κ1) is 16.9. The summed E-state index contributed by atoms with van der Waals surface area (Å²) in [6, 6.07) is 8.48. The molecule has 3 aliphatic heterocycles. The topological polar surface area (TPSA) is 42.0 Å². The van der Waals surface area contributed by atoms with E-state index in [1.807, 2.05) is 24.3 Å². The predicted octanol–water partition coefficient (Wildman–Crippen LogP) is 2.12. The summed E-state index contributed by atoms with van der Waals surface area (Å²) in [4.78, 5) is 17.9. The molecular formula is C20H28N2O3. The largest absolute Gasteiger partial charge is 0.493 e. The highest BCUT2D eigenvalue weighted by Gasteiger charge is 2.41. The van der Waals surface area contributed by atoms with Gasteiger partial charge in [-0.25, -0.2) is 0 Å². The predicted molar refractivity (Wildman–Crippen MR) is 95.8 cm³/mol. The number of para-hydroxylation sites is 1. The molecule has 0 N–H and O–H groups in total. The molecule has 5 heteroatoms. The Labute approximate surface area is 149 Å². The van der Waals surface area contributed by atoms with Gasteiger partial charge in [0, 0.05) is 37.8 Å². The summed E-state index contributed by atoms with van der Waals surface area (Å²) < 4.78 is 11.2. The maximum absolute atomic E-state index is 13.3. The van der Waals surface area contributed by atoms with Gasteiger partial charge in [-0.2, -0.15) is 0 Å². The van der Waals surface area contributed by atoms with Gasteiger partial charge in [0.1, 0.15) is 5.75 Å². The van der Waals surface area contributed by atoms with Crippen molar-refractivity contribution in [1.82, 2.24) is 9.80 Å². The van der Waals surface area contributed by atoms with E-state index in [0.29, 0.717) is 18.6 Å². The van der Waals surface area contributed by atoms with Gasteiger partial charge in [-0.3, -0.25) is 9.69 Å². The molecule has 0 radical (unpaired) electrons. The quantitative estimate of drug-likeness (QED) is 0.842. The van der Waals surface area contributed by atoms with E-state index < -0.39 is 0 Å². The van der Waals surface area contributed by atoms with Crippen LogP contribution in [0.4, 0.5) is 0 Å². The highest BCUT2D eigenvalue weighted by atomic mass is 16.5. The fraction of sp³-hybridized carbons (Fsp3) is 0.650. The minimum absolute atomic E-state index is 0.0501. The zero-order chi connectivity index (χ0) is 17.2. The molecule has 0 aromatic heterocycles. The van der Waals surface area contributed by atoms with Crippen molar-refractivity contribution in [2.24, 2.45) is 5.92 Å². The Hall–Kier alpha value is -1.59. The number of morpholine rings is 1. The molecule has 0 spiro atoms. The number of rotatable bonds is 3. The van der Waals surface area contributed by atoms with Crippen molar-refractivity contribution < 1.29 is 14.3 Å². The number of amides is 1. The fourth-order valence-electron chi connectivity index (χ4n) is 4.58. The average molecular weight is 344 g/mol. The summed E-state index contributed by atoms with van der Waals surface area (Å²) in [6.45, 7) is 8.23. The van der Waals surface area contributed by atoms with Gasteiger partial charge in [0.15, 0.2) is 0 Å². The molecule has 4 rings (SSSR count). The lowest BCUT2D eigenvalue weighted by Crippen LogP contribution is -2.47. The fourth-order valence-corrected chi connectivity index (χ4v) is 4.58.